The van der Waals surface area contributed by atoms with Crippen LogP contribution in [0.25, 0.3) is 5.69 Å². The van der Waals surface area contributed by atoms with Crippen molar-refractivity contribution in [2.24, 2.45) is 0 Å². The minimum Gasteiger partial charge on any atom is -0.354 e. The molecule has 1 fully saturated rings. The molecule has 1 amide bonds. The van der Waals surface area contributed by atoms with E-state index in [1.54, 1.807) is 12.1 Å². The van der Waals surface area contributed by atoms with Crippen LogP contribution in [-0.4, -0.2) is 64.3 Å². The quantitative estimate of drug-likeness (QED) is 0.407. The molecule has 0 radical (unpaired) electrons. The second-order valence-corrected chi connectivity index (χ2v) is 10.3. The standard InChI is InChI=1S/C27H36FN5OS/c1-5-13-32(27(34)25-8-7-18-35-25)19-23-24(6-2)29-33(22-11-9-21(28)10-12-22)26(23)31-16-14-30(15-17-31)20(3)4/h7-12,18,20H,5-6,13-17,19H2,1-4H3. The SMILES string of the molecule is CCCN(Cc1c(CC)nn(-c2ccc(F)cc2)c1N1CCN(C(C)C)CC1)C(=O)c1cccs1. The van der Waals surface area contributed by atoms with Gasteiger partial charge in [-0.25, -0.2) is 9.07 Å². The predicted molar refractivity (Wildman–Crippen MR) is 141 cm³/mol. The fraction of sp³-hybridized carbons (Fsp3) is 0.481. The zero-order chi connectivity index (χ0) is 24.9. The minimum absolute atomic E-state index is 0.0639. The van der Waals surface area contributed by atoms with Crippen LogP contribution in [0.15, 0.2) is 41.8 Å². The van der Waals surface area contributed by atoms with Crippen LogP contribution in [0.1, 0.15) is 55.0 Å². The lowest BCUT2D eigenvalue weighted by atomic mass is 10.1. The van der Waals surface area contributed by atoms with Gasteiger partial charge >= 0.3 is 0 Å². The van der Waals surface area contributed by atoms with E-state index in [0.29, 0.717) is 19.1 Å². The van der Waals surface area contributed by atoms with Crippen molar-refractivity contribution in [1.29, 1.82) is 0 Å². The fourth-order valence-electron chi connectivity index (χ4n) is 4.74. The molecule has 0 bridgehead atoms. The van der Waals surface area contributed by atoms with Crippen molar-refractivity contribution in [3.8, 4) is 5.69 Å². The lowest BCUT2D eigenvalue weighted by Gasteiger charge is -2.38. The molecule has 1 aromatic carbocycles. The van der Waals surface area contributed by atoms with Crippen molar-refractivity contribution in [2.75, 3.05) is 37.6 Å². The zero-order valence-corrected chi connectivity index (χ0v) is 22.0. The Morgan fingerprint density at radius 1 is 1.11 bits per heavy atom. The summed E-state index contributed by atoms with van der Waals surface area (Å²) in [5.74, 6) is 0.825. The first-order chi connectivity index (χ1) is 16.9. The van der Waals surface area contributed by atoms with Crippen molar-refractivity contribution in [1.82, 2.24) is 19.6 Å². The molecule has 1 aliphatic rings. The van der Waals surface area contributed by atoms with Gasteiger partial charge < -0.3 is 9.80 Å². The van der Waals surface area contributed by atoms with Gasteiger partial charge in [0.15, 0.2) is 0 Å². The van der Waals surface area contributed by atoms with Gasteiger partial charge in [0.25, 0.3) is 5.91 Å². The van der Waals surface area contributed by atoms with E-state index < -0.39 is 0 Å². The molecule has 0 spiro atoms. The highest BCUT2D eigenvalue weighted by Crippen LogP contribution is 2.31. The van der Waals surface area contributed by atoms with Gasteiger partial charge in [-0.2, -0.15) is 5.10 Å². The summed E-state index contributed by atoms with van der Waals surface area (Å²) in [6, 6.07) is 10.8. The number of piperazine rings is 1. The van der Waals surface area contributed by atoms with E-state index >= 15 is 0 Å². The van der Waals surface area contributed by atoms with Gasteiger partial charge in [-0.3, -0.25) is 9.69 Å². The fourth-order valence-corrected chi connectivity index (χ4v) is 5.43. The molecule has 0 aliphatic carbocycles. The van der Waals surface area contributed by atoms with Gasteiger partial charge in [0, 0.05) is 44.3 Å². The van der Waals surface area contributed by atoms with Crippen LogP contribution >= 0.6 is 11.3 Å². The van der Waals surface area contributed by atoms with Gasteiger partial charge in [-0.1, -0.05) is 19.9 Å². The van der Waals surface area contributed by atoms with Crippen LogP contribution in [0.3, 0.4) is 0 Å². The third-order valence-electron chi connectivity index (χ3n) is 6.65. The number of anilines is 1. The molecule has 35 heavy (non-hydrogen) atoms. The summed E-state index contributed by atoms with van der Waals surface area (Å²) in [6.45, 7) is 13.6. The molecule has 188 valence electrons. The highest BCUT2D eigenvalue weighted by molar-refractivity contribution is 7.12. The van der Waals surface area contributed by atoms with Crippen molar-refractivity contribution >= 4 is 23.1 Å². The first-order valence-electron chi connectivity index (χ1n) is 12.6. The molecule has 3 heterocycles. The van der Waals surface area contributed by atoms with E-state index in [4.69, 9.17) is 5.10 Å². The molecule has 6 nitrogen and oxygen atoms in total. The molecule has 0 atom stereocenters. The minimum atomic E-state index is -0.264. The van der Waals surface area contributed by atoms with Crippen molar-refractivity contribution in [2.45, 2.75) is 53.1 Å². The van der Waals surface area contributed by atoms with Gasteiger partial charge in [-0.15, -0.1) is 11.3 Å². The van der Waals surface area contributed by atoms with Gasteiger partial charge in [0.05, 0.1) is 22.8 Å². The van der Waals surface area contributed by atoms with E-state index in [9.17, 15) is 9.18 Å². The molecule has 0 unspecified atom stereocenters. The molecule has 4 rings (SSSR count). The molecule has 1 saturated heterocycles. The van der Waals surface area contributed by atoms with Crippen molar-refractivity contribution in [3.05, 3.63) is 63.7 Å². The molecule has 8 heteroatoms. The first-order valence-corrected chi connectivity index (χ1v) is 13.5. The van der Waals surface area contributed by atoms with Gasteiger partial charge in [0.1, 0.15) is 11.6 Å². The van der Waals surface area contributed by atoms with Crippen LogP contribution in [0.5, 0.6) is 0 Å². The third kappa shape index (κ3) is 5.59. The predicted octanol–water partition coefficient (Wildman–Crippen LogP) is 5.22. The number of hydrogen-bond acceptors (Lipinski definition) is 5. The molecular weight excluding hydrogens is 461 g/mol. The second-order valence-electron chi connectivity index (χ2n) is 9.31. The van der Waals surface area contributed by atoms with Crippen molar-refractivity contribution in [3.63, 3.8) is 0 Å². The van der Waals surface area contributed by atoms with E-state index in [-0.39, 0.29) is 11.7 Å². The Kier molecular flexibility index (Phi) is 8.23. The highest BCUT2D eigenvalue weighted by Gasteiger charge is 2.29. The van der Waals surface area contributed by atoms with E-state index in [2.05, 4.69) is 37.5 Å². The molecule has 0 N–H and O–H groups in total. The van der Waals surface area contributed by atoms with Crippen LogP contribution < -0.4 is 4.90 Å². The number of thiophene rings is 1. The van der Waals surface area contributed by atoms with Crippen LogP contribution in [-0.2, 0) is 13.0 Å². The Labute approximate surface area is 212 Å². The number of hydrogen-bond donors (Lipinski definition) is 0. The number of carbonyl (C=O) groups excluding carboxylic acids is 1. The maximum atomic E-state index is 13.7. The Balaban J connectivity index is 1.76. The number of benzene rings is 1. The summed E-state index contributed by atoms with van der Waals surface area (Å²) in [5, 5.41) is 6.94. The monoisotopic (exact) mass is 497 g/mol. The maximum absolute atomic E-state index is 13.7. The largest absolute Gasteiger partial charge is 0.354 e. The van der Waals surface area contributed by atoms with Crippen LogP contribution in [0, 0.1) is 5.82 Å². The zero-order valence-electron chi connectivity index (χ0n) is 21.2. The Morgan fingerprint density at radius 3 is 2.40 bits per heavy atom. The molecule has 0 saturated carbocycles. The summed E-state index contributed by atoms with van der Waals surface area (Å²) >= 11 is 1.48. The normalized spacial score (nSPS) is 14.6. The van der Waals surface area contributed by atoms with E-state index in [1.807, 2.05) is 27.1 Å². The summed E-state index contributed by atoms with van der Waals surface area (Å²) in [7, 11) is 0. The summed E-state index contributed by atoms with van der Waals surface area (Å²) in [4.78, 5) is 21.0. The number of nitrogens with zero attached hydrogens (tertiary/aromatic N) is 5. The number of halogens is 1. The lowest BCUT2D eigenvalue weighted by Crippen LogP contribution is -2.49. The number of rotatable bonds is 9. The lowest BCUT2D eigenvalue weighted by molar-refractivity contribution is 0.0748. The number of carbonyl (C=O) groups is 1. The molecule has 2 aromatic heterocycles. The topological polar surface area (TPSA) is 44.6 Å². The highest BCUT2D eigenvalue weighted by atomic mass is 32.1. The van der Waals surface area contributed by atoms with Crippen LogP contribution in [0.2, 0.25) is 0 Å². The molecular formula is C27H36FN5OS. The first kappa shape index (κ1) is 25.4. The maximum Gasteiger partial charge on any atom is 0.264 e. The Hall–Kier alpha value is -2.71. The molecule has 1 aliphatic heterocycles. The number of aryl methyl sites for hydroxylation is 1. The summed E-state index contributed by atoms with van der Waals surface area (Å²) in [6.07, 6.45) is 1.64. The summed E-state index contributed by atoms with van der Waals surface area (Å²) < 4.78 is 15.7. The number of aromatic nitrogens is 2. The number of amides is 1. The smallest absolute Gasteiger partial charge is 0.264 e. The summed E-state index contributed by atoms with van der Waals surface area (Å²) in [5.41, 5.74) is 2.91. The van der Waals surface area contributed by atoms with Crippen molar-refractivity contribution < 1.29 is 9.18 Å². The Morgan fingerprint density at radius 2 is 1.83 bits per heavy atom. The third-order valence-corrected chi connectivity index (χ3v) is 7.51. The van der Waals surface area contributed by atoms with Gasteiger partial charge in [-0.05, 0) is 62.4 Å². The average Bonchev–Trinajstić information content (AvgIpc) is 3.52. The van der Waals surface area contributed by atoms with E-state index in [1.165, 1.54) is 23.5 Å². The Bertz CT molecular complexity index is 1100. The average molecular weight is 498 g/mol. The molecule has 3 aromatic rings. The second kappa shape index (κ2) is 11.4. The van der Waals surface area contributed by atoms with Crippen LogP contribution in [0.4, 0.5) is 10.2 Å². The van der Waals surface area contributed by atoms with Gasteiger partial charge in [0.2, 0.25) is 0 Å². The van der Waals surface area contributed by atoms with E-state index in [0.717, 1.165) is 66.7 Å².